The molecule has 1 N–H and O–H groups in total. The van der Waals surface area contributed by atoms with Gasteiger partial charge in [0.1, 0.15) is 0 Å². The second-order valence-corrected chi connectivity index (χ2v) is 7.26. The number of rotatable bonds is 5. The van der Waals surface area contributed by atoms with Gasteiger partial charge in [0.2, 0.25) is 5.54 Å². The van der Waals surface area contributed by atoms with Crippen molar-refractivity contribution in [1.82, 2.24) is 0 Å². The third-order valence-electron chi connectivity index (χ3n) is 4.67. The van der Waals surface area contributed by atoms with E-state index in [1.165, 1.54) is 0 Å². The maximum Gasteiger partial charge on any atom is 0.340 e. The molecule has 2 unspecified atom stereocenters. The number of nitrogens with one attached hydrogen (secondary N) is 1. The largest absolute Gasteiger partial charge is 0.461 e. The molecule has 0 saturated heterocycles. The van der Waals surface area contributed by atoms with Gasteiger partial charge in [-0.05, 0) is 50.1 Å². The highest BCUT2D eigenvalue weighted by atomic mass is 35.5. The number of hydrogen-bond donors (Lipinski definition) is 1. The van der Waals surface area contributed by atoms with Crippen molar-refractivity contribution in [3.8, 4) is 0 Å². The van der Waals surface area contributed by atoms with E-state index in [1.54, 1.807) is 26.0 Å². The normalized spacial score (nSPS) is 22.5. The molecule has 1 aliphatic rings. The minimum atomic E-state index is -1.43. The van der Waals surface area contributed by atoms with Gasteiger partial charge in [0.25, 0.3) is 0 Å². The minimum absolute atomic E-state index is 0.146. The zero-order valence-corrected chi connectivity index (χ0v) is 15.6. The van der Waals surface area contributed by atoms with Crippen LogP contribution < -0.4 is 5.32 Å². The maximum atomic E-state index is 13.1. The van der Waals surface area contributed by atoms with Gasteiger partial charge >= 0.3 is 5.97 Å². The van der Waals surface area contributed by atoms with Gasteiger partial charge in [-0.1, -0.05) is 41.9 Å². The molecule has 1 saturated carbocycles. The molecule has 5 heteroatoms. The first-order valence-electron chi connectivity index (χ1n) is 8.76. The molecule has 0 aliphatic heterocycles. The quantitative estimate of drug-likeness (QED) is 0.617. The lowest BCUT2D eigenvalue weighted by atomic mass is 9.81. The first-order chi connectivity index (χ1) is 12.4. The van der Waals surface area contributed by atoms with Crippen LogP contribution in [0.3, 0.4) is 0 Å². The predicted molar refractivity (Wildman–Crippen MR) is 102 cm³/mol. The zero-order chi connectivity index (χ0) is 18.7. The summed E-state index contributed by atoms with van der Waals surface area (Å²) < 4.78 is 5.51. The molecule has 0 amide bonds. The number of carbonyl (C=O) groups excluding carboxylic acids is 2. The number of carbonyl (C=O) groups is 2. The molecule has 3 rings (SSSR count). The number of halogens is 1. The van der Waals surface area contributed by atoms with Crippen LogP contribution in [-0.2, 0) is 14.3 Å². The van der Waals surface area contributed by atoms with Gasteiger partial charge in [-0.25, -0.2) is 4.79 Å². The van der Waals surface area contributed by atoms with E-state index in [0.717, 1.165) is 5.56 Å². The fourth-order valence-corrected chi connectivity index (χ4v) is 3.64. The average molecular weight is 372 g/mol. The van der Waals surface area contributed by atoms with E-state index in [4.69, 9.17) is 16.3 Å². The standard InChI is InChI=1S/C21H22ClNO3/c1-14(2)26-20(25)21(23-17-6-4-3-5-7-17)18(12-13-19(21)24)15-8-10-16(22)11-9-15/h3-11,14,18,23H,12-13H2,1-2H3. The van der Waals surface area contributed by atoms with Crippen LogP contribution in [0.25, 0.3) is 0 Å². The summed E-state index contributed by atoms with van der Waals surface area (Å²) in [6.45, 7) is 3.57. The van der Waals surface area contributed by atoms with Gasteiger partial charge in [0.15, 0.2) is 5.78 Å². The van der Waals surface area contributed by atoms with Crippen molar-refractivity contribution >= 4 is 29.0 Å². The Balaban J connectivity index is 2.07. The number of hydrogen-bond acceptors (Lipinski definition) is 4. The van der Waals surface area contributed by atoms with Crippen LogP contribution in [0.15, 0.2) is 54.6 Å². The maximum absolute atomic E-state index is 13.1. The van der Waals surface area contributed by atoms with Gasteiger partial charge in [-0.3, -0.25) is 4.79 Å². The van der Waals surface area contributed by atoms with Gasteiger partial charge in [-0.15, -0.1) is 0 Å². The Morgan fingerprint density at radius 2 is 1.81 bits per heavy atom. The Bertz CT molecular complexity index is 789. The van der Waals surface area contributed by atoms with Crippen LogP contribution in [0.2, 0.25) is 5.02 Å². The Hall–Kier alpha value is -2.33. The van der Waals surface area contributed by atoms with Crippen molar-refractivity contribution in [2.75, 3.05) is 5.32 Å². The number of benzene rings is 2. The van der Waals surface area contributed by atoms with Crippen LogP contribution in [0.1, 0.15) is 38.2 Å². The lowest BCUT2D eigenvalue weighted by molar-refractivity contribution is -0.155. The van der Waals surface area contributed by atoms with Crippen LogP contribution >= 0.6 is 11.6 Å². The van der Waals surface area contributed by atoms with Crippen LogP contribution in [0.4, 0.5) is 5.69 Å². The molecule has 1 aliphatic carbocycles. The van der Waals surface area contributed by atoms with Crippen molar-refractivity contribution in [3.63, 3.8) is 0 Å². The molecule has 2 aromatic rings. The van der Waals surface area contributed by atoms with E-state index in [1.807, 2.05) is 42.5 Å². The SMILES string of the molecule is CC(C)OC(=O)C1(Nc2ccccc2)C(=O)CCC1c1ccc(Cl)cc1. The van der Waals surface area contributed by atoms with Crippen molar-refractivity contribution in [2.45, 2.75) is 44.2 Å². The average Bonchev–Trinajstić information content (AvgIpc) is 2.94. The van der Waals surface area contributed by atoms with Crippen molar-refractivity contribution in [2.24, 2.45) is 0 Å². The molecule has 26 heavy (non-hydrogen) atoms. The topological polar surface area (TPSA) is 55.4 Å². The molecule has 136 valence electrons. The minimum Gasteiger partial charge on any atom is -0.461 e. The van der Waals surface area contributed by atoms with E-state index >= 15 is 0 Å². The van der Waals surface area contributed by atoms with Crippen LogP contribution in [0.5, 0.6) is 0 Å². The molecule has 2 atom stereocenters. The van der Waals surface area contributed by atoms with E-state index in [-0.39, 0.29) is 17.8 Å². The summed E-state index contributed by atoms with van der Waals surface area (Å²) in [5.41, 5.74) is 0.172. The summed E-state index contributed by atoms with van der Waals surface area (Å²) in [7, 11) is 0. The molecule has 0 radical (unpaired) electrons. The third-order valence-corrected chi connectivity index (χ3v) is 4.93. The number of ketones is 1. The molecule has 2 aromatic carbocycles. The highest BCUT2D eigenvalue weighted by molar-refractivity contribution is 6.30. The lowest BCUT2D eigenvalue weighted by Gasteiger charge is -2.34. The molecule has 1 fully saturated rings. The lowest BCUT2D eigenvalue weighted by Crippen LogP contribution is -2.55. The second-order valence-electron chi connectivity index (χ2n) is 6.82. The van der Waals surface area contributed by atoms with Gasteiger partial charge in [-0.2, -0.15) is 0 Å². The molecule has 4 nitrogen and oxygen atoms in total. The Labute approximate surface area is 158 Å². The van der Waals surface area contributed by atoms with Crippen molar-refractivity contribution in [3.05, 3.63) is 65.2 Å². The van der Waals surface area contributed by atoms with E-state index < -0.39 is 11.5 Å². The summed E-state index contributed by atoms with van der Waals surface area (Å²) in [4.78, 5) is 26.1. The summed E-state index contributed by atoms with van der Waals surface area (Å²) in [6.07, 6.45) is 0.588. The fourth-order valence-electron chi connectivity index (χ4n) is 3.52. The Morgan fingerprint density at radius 1 is 1.15 bits per heavy atom. The summed E-state index contributed by atoms with van der Waals surface area (Å²) in [5, 5.41) is 3.83. The van der Waals surface area contributed by atoms with Gasteiger partial charge in [0, 0.05) is 23.0 Å². The molecule has 0 spiro atoms. The highest BCUT2D eigenvalue weighted by Gasteiger charge is 2.57. The van der Waals surface area contributed by atoms with Gasteiger partial charge in [0.05, 0.1) is 6.10 Å². The summed E-state index contributed by atoms with van der Waals surface area (Å²) in [6, 6.07) is 16.6. The van der Waals surface area contributed by atoms with Crippen LogP contribution in [0, 0.1) is 0 Å². The van der Waals surface area contributed by atoms with Crippen molar-refractivity contribution in [1.29, 1.82) is 0 Å². The smallest absolute Gasteiger partial charge is 0.340 e. The third kappa shape index (κ3) is 3.47. The first-order valence-corrected chi connectivity index (χ1v) is 9.14. The van der Waals surface area contributed by atoms with Crippen molar-refractivity contribution < 1.29 is 14.3 Å². The molecular weight excluding hydrogens is 350 g/mol. The fraction of sp³-hybridized carbons (Fsp3) is 0.333. The summed E-state index contributed by atoms with van der Waals surface area (Å²) >= 11 is 6.01. The summed E-state index contributed by atoms with van der Waals surface area (Å²) in [5.74, 6) is -0.996. The number of Topliss-reactive ketones (excluding diaryl/α,β-unsaturated/α-hetero) is 1. The van der Waals surface area contributed by atoms with Gasteiger partial charge < -0.3 is 10.1 Å². The van der Waals surface area contributed by atoms with E-state index in [0.29, 0.717) is 23.6 Å². The monoisotopic (exact) mass is 371 g/mol. The number of esters is 1. The highest BCUT2D eigenvalue weighted by Crippen LogP contribution is 2.44. The molecule has 0 heterocycles. The number of ether oxygens (including phenoxy) is 1. The first kappa shape index (κ1) is 18.5. The number of anilines is 1. The zero-order valence-electron chi connectivity index (χ0n) is 14.9. The molecular formula is C21H22ClNO3. The Morgan fingerprint density at radius 3 is 2.42 bits per heavy atom. The molecule has 0 aromatic heterocycles. The Kier molecular flexibility index (Phi) is 5.33. The van der Waals surface area contributed by atoms with Crippen LogP contribution in [-0.4, -0.2) is 23.4 Å². The second kappa shape index (κ2) is 7.50. The molecule has 0 bridgehead atoms. The predicted octanol–water partition coefficient (Wildman–Crippen LogP) is 4.59. The van der Waals surface area contributed by atoms with E-state index in [2.05, 4.69) is 5.32 Å². The number of para-hydroxylation sites is 1. The van der Waals surface area contributed by atoms with E-state index in [9.17, 15) is 9.59 Å².